The van der Waals surface area contributed by atoms with Crippen LogP contribution in [0.15, 0.2) is 39.5 Å². The van der Waals surface area contributed by atoms with Gasteiger partial charge >= 0.3 is 5.97 Å². The molecular weight excluding hydrogens is 482 g/mol. The molecule has 2 heterocycles. The van der Waals surface area contributed by atoms with Crippen LogP contribution >= 0.6 is 0 Å². The number of rotatable bonds is 6. The largest absolute Gasteiger partial charge is 0.469 e. The van der Waals surface area contributed by atoms with Gasteiger partial charge in [0.05, 0.1) is 23.6 Å². The van der Waals surface area contributed by atoms with Gasteiger partial charge in [0.1, 0.15) is 12.4 Å². The summed E-state index contributed by atoms with van der Waals surface area (Å²) in [6.07, 6.45) is 12.9. The second-order valence-corrected chi connectivity index (χ2v) is 13.3. The molecule has 4 fully saturated rings. The third kappa shape index (κ3) is 3.87. The van der Waals surface area contributed by atoms with E-state index in [4.69, 9.17) is 14.1 Å². The molecule has 9 atom stereocenters. The van der Waals surface area contributed by atoms with E-state index < -0.39 is 22.7 Å². The van der Waals surface area contributed by atoms with Crippen LogP contribution in [0.4, 0.5) is 0 Å². The number of fused-ring (bicyclic) bond motifs is 5. The first-order valence-electron chi connectivity index (χ1n) is 14.7. The van der Waals surface area contributed by atoms with Gasteiger partial charge in [0.25, 0.3) is 0 Å². The van der Waals surface area contributed by atoms with E-state index in [0.717, 1.165) is 49.9 Å². The summed E-state index contributed by atoms with van der Waals surface area (Å²) in [5, 5.41) is 35.3. The van der Waals surface area contributed by atoms with Crippen LogP contribution in [-0.2, 0) is 16.0 Å². The second kappa shape index (κ2) is 9.31. The van der Waals surface area contributed by atoms with Gasteiger partial charge in [0.15, 0.2) is 0 Å². The Morgan fingerprint density at radius 2 is 1.95 bits per heavy atom. The van der Waals surface area contributed by atoms with Crippen molar-refractivity contribution in [2.75, 3.05) is 6.61 Å². The molecule has 0 aromatic carbocycles. The highest BCUT2D eigenvalue weighted by atomic mass is 16.5. The molecule has 7 nitrogen and oxygen atoms in total. The topological polar surface area (TPSA) is 112 Å². The van der Waals surface area contributed by atoms with Crippen LogP contribution in [0.25, 0.3) is 0 Å². The van der Waals surface area contributed by atoms with Crippen molar-refractivity contribution >= 4 is 12.2 Å². The average molecular weight is 526 g/mol. The Hall–Kier alpha value is -1.96. The lowest BCUT2D eigenvalue weighted by Crippen LogP contribution is -2.68. The van der Waals surface area contributed by atoms with Gasteiger partial charge in [-0.25, -0.2) is 4.79 Å². The van der Waals surface area contributed by atoms with Crippen molar-refractivity contribution in [2.24, 2.45) is 33.6 Å². The molecule has 3 N–H and O–H groups in total. The van der Waals surface area contributed by atoms with Crippen LogP contribution in [0.2, 0.25) is 0 Å². The standard InChI is InChI=1S/C31H43NO6/c1-20(5-6-23-4-3-15-37-23)32-19-29-12-7-22(33)17-30(29,35)13-9-26-25(29)8-11-28(2)24(10-14-31(26,28)36)21-16-27(34)38-18-21/h3-4,15-16,19-20,22,24-26,33,35-36H,5-14,17-18H2,1-2H3/t20-,22-,24+,25-,26+,28+,29-,30-,31-/m0/s1. The SMILES string of the molecule is C[C@@H](CCc1ccco1)N=C[C@]12CC[C@H](O)C[C@@]1(O)CC[C@@H]1[C@@H]2CC[C@]2(C)[C@@H](C3=CC(=O)OC3)CC[C@]12O. The highest BCUT2D eigenvalue weighted by Crippen LogP contribution is 2.70. The highest BCUT2D eigenvalue weighted by Gasteiger charge is 2.71. The molecule has 1 aliphatic heterocycles. The lowest BCUT2D eigenvalue weighted by molar-refractivity contribution is -0.237. The van der Waals surface area contributed by atoms with Crippen molar-refractivity contribution in [1.82, 2.24) is 0 Å². The number of furan rings is 1. The fourth-order valence-electron chi connectivity index (χ4n) is 9.50. The molecule has 5 aliphatic rings. The number of aliphatic imine (C=N–C) groups is 1. The summed E-state index contributed by atoms with van der Waals surface area (Å²) in [5.74, 6) is 0.967. The number of aliphatic hydroxyl groups excluding tert-OH is 1. The van der Waals surface area contributed by atoms with E-state index in [9.17, 15) is 20.1 Å². The third-order valence-corrected chi connectivity index (χ3v) is 11.6. The number of hydrogen-bond donors (Lipinski definition) is 3. The Labute approximate surface area is 225 Å². The van der Waals surface area contributed by atoms with Gasteiger partial charge in [-0.05, 0) is 100 Å². The van der Waals surface area contributed by atoms with Gasteiger partial charge in [0.2, 0.25) is 0 Å². The molecule has 0 amide bonds. The van der Waals surface area contributed by atoms with Crippen LogP contribution in [0.1, 0.15) is 83.8 Å². The van der Waals surface area contributed by atoms with Gasteiger partial charge in [0, 0.05) is 42.0 Å². The van der Waals surface area contributed by atoms with Crippen LogP contribution in [-0.4, -0.2) is 57.5 Å². The zero-order valence-corrected chi connectivity index (χ0v) is 22.8. The Kier molecular flexibility index (Phi) is 6.44. The molecule has 38 heavy (non-hydrogen) atoms. The predicted octanol–water partition coefficient (Wildman–Crippen LogP) is 4.38. The van der Waals surface area contributed by atoms with Crippen LogP contribution in [0, 0.1) is 28.6 Å². The number of carbonyl (C=O) groups is 1. The van der Waals surface area contributed by atoms with Crippen molar-refractivity contribution in [2.45, 2.75) is 108 Å². The smallest absolute Gasteiger partial charge is 0.331 e. The Bertz CT molecular complexity index is 1110. The number of esters is 1. The minimum atomic E-state index is -1.02. The van der Waals surface area contributed by atoms with E-state index in [-0.39, 0.29) is 35.2 Å². The monoisotopic (exact) mass is 525 g/mol. The van der Waals surface area contributed by atoms with E-state index >= 15 is 0 Å². The second-order valence-electron chi connectivity index (χ2n) is 13.3. The van der Waals surface area contributed by atoms with Gasteiger partial charge in [-0.3, -0.25) is 4.99 Å². The lowest BCUT2D eigenvalue weighted by Gasteiger charge is -2.65. The first-order chi connectivity index (χ1) is 18.1. The van der Waals surface area contributed by atoms with Crippen LogP contribution < -0.4 is 0 Å². The molecule has 7 heteroatoms. The molecular formula is C31H43NO6. The van der Waals surface area contributed by atoms with Crippen LogP contribution in [0.5, 0.6) is 0 Å². The molecule has 0 saturated heterocycles. The molecule has 6 rings (SSSR count). The summed E-state index contributed by atoms with van der Waals surface area (Å²) < 4.78 is 10.8. The summed E-state index contributed by atoms with van der Waals surface area (Å²) in [6.45, 7) is 4.67. The fourth-order valence-corrected chi connectivity index (χ4v) is 9.50. The lowest BCUT2D eigenvalue weighted by atomic mass is 9.41. The number of ether oxygens (including phenoxy) is 1. The van der Waals surface area contributed by atoms with Gasteiger partial charge in [-0.1, -0.05) is 6.92 Å². The maximum absolute atomic E-state index is 12.5. The van der Waals surface area contributed by atoms with E-state index in [1.54, 1.807) is 12.3 Å². The number of hydrogen-bond acceptors (Lipinski definition) is 7. The zero-order valence-electron chi connectivity index (χ0n) is 22.8. The van der Waals surface area contributed by atoms with Gasteiger partial charge < -0.3 is 24.5 Å². The maximum Gasteiger partial charge on any atom is 0.331 e. The number of nitrogens with zero attached hydrogens (tertiary/aromatic N) is 1. The molecule has 0 bridgehead atoms. The first-order valence-corrected chi connectivity index (χ1v) is 14.7. The highest BCUT2D eigenvalue weighted by molar-refractivity contribution is 5.85. The van der Waals surface area contributed by atoms with E-state index in [1.807, 2.05) is 12.1 Å². The van der Waals surface area contributed by atoms with Crippen LogP contribution in [0.3, 0.4) is 0 Å². The summed E-state index contributed by atoms with van der Waals surface area (Å²) in [6, 6.07) is 3.96. The molecule has 208 valence electrons. The normalized spacial score (nSPS) is 45.3. The zero-order chi connectivity index (χ0) is 26.8. The molecule has 4 aliphatic carbocycles. The third-order valence-electron chi connectivity index (χ3n) is 11.6. The van der Waals surface area contributed by atoms with Gasteiger partial charge in [-0.2, -0.15) is 0 Å². The van der Waals surface area contributed by atoms with Gasteiger partial charge in [-0.15, -0.1) is 0 Å². The minimum Gasteiger partial charge on any atom is -0.469 e. The average Bonchev–Trinajstić information content (AvgIpc) is 3.61. The van der Waals surface area contributed by atoms with Crippen molar-refractivity contribution in [3.05, 3.63) is 35.8 Å². The summed E-state index contributed by atoms with van der Waals surface area (Å²) in [4.78, 5) is 16.9. The quantitative estimate of drug-likeness (QED) is 0.375. The van der Waals surface area contributed by atoms with Crippen molar-refractivity contribution in [3.63, 3.8) is 0 Å². The summed E-state index contributed by atoms with van der Waals surface area (Å²) >= 11 is 0. The Morgan fingerprint density at radius 3 is 2.68 bits per heavy atom. The molecule has 0 unspecified atom stereocenters. The molecule has 1 aromatic heterocycles. The van der Waals surface area contributed by atoms with E-state index in [1.165, 1.54) is 0 Å². The van der Waals surface area contributed by atoms with Crippen molar-refractivity contribution < 1.29 is 29.3 Å². The predicted molar refractivity (Wildman–Crippen MR) is 142 cm³/mol. The number of aryl methyl sites for hydroxylation is 1. The minimum absolute atomic E-state index is 0.0465. The molecule has 4 saturated carbocycles. The number of carbonyl (C=O) groups excluding carboxylic acids is 1. The Balaban J connectivity index is 1.30. The Morgan fingerprint density at radius 1 is 1.13 bits per heavy atom. The van der Waals surface area contributed by atoms with Crippen molar-refractivity contribution in [3.8, 4) is 0 Å². The summed E-state index contributed by atoms with van der Waals surface area (Å²) in [5.41, 5.74) is -1.74. The maximum atomic E-state index is 12.5. The number of cyclic esters (lactones) is 1. The van der Waals surface area contributed by atoms with E-state index in [2.05, 4.69) is 20.1 Å². The molecule has 0 spiro atoms. The molecule has 1 aromatic rings. The van der Waals surface area contributed by atoms with Crippen molar-refractivity contribution in [1.29, 1.82) is 0 Å². The molecule has 0 radical (unpaired) electrons. The fraction of sp³-hybridized carbons (Fsp3) is 0.742. The number of aliphatic hydroxyl groups is 3. The van der Waals surface area contributed by atoms with E-state index in [0.29, 0.717) is 38.7 Å². The first kappa shape index (κ1) is 26.3. The summed E-state index contributed by atoms with van der Waals surface area (Å²) in [7, 11) is 0.